The number of nitrogens with zero attached hydrogens (tertiary/aromatic N) is 4. The van der Waals surface area contributed by atoms with E-state index < -0.39 is 0 Å². The van der Waals surface area contributed by atoms with Gasteiger partial charge in [-0.15, -0.1) is 23.1 Å². The molecule has 3 aromatic heterocycles. The van der Waals surface area contributed by atoms with Gasteiger partial charge in [0.1, 0.15) is 5.82 Å². The SMILES string of the molecule is C/C=C(Nc1nc(Nc2ccc(N3CCOCC3)nc2)nc2ccsc12)\C(=C/C)SC(C)C.CC. The van der Waals surface area contributed by atoms with Crippen molar-refractivity contribution >= 4 is 56.6 Å². The van der Waals surface area contributed by atoms with Crippen LogP contribution in [-0.2, 0) is 4.74 Å². The first-order chi connectivity index (χ1) is 17.1. The van der Waals surface area contributed by atoms with Crippen LogP contribution in [0.15, 0.2) is 52.5 Å². The Morgan fingerprint density at radius 2 is 1.89 bits per heavy atom. The Morgan fingerprint density at radius 3 is 2.51 bits per heavy atom. The molecule has 4 heterocycles. The Kier molecular flexibility index (Phi) is 10.4. The van der Waals surface area contributed by atoms with E-state index in [1.807, 2.05) is 62.3 Å². The van der Waals surface area contributed by atoms with Crippen molar-refractivity contribution in [1.29, 1.82) is 0 Å². The monoisotopic (exact) mass is 512 g/mol. The zero-order chi connectivity index (χ0) is 25.2. The number of anilines is 4. The Bertz CT molecular complexity index is 1130. The zero-order valence-electron chi connectivity index (χ0n) is 21.5. The summed E-state index contributed by atoms with van der Waals surface area (Å²) in [5.74, 6) is 2.30. The summed E-state index contributed by atoms with van der Waals surface area (Å²) in [6.07, 6.45) is 6.06. The fourth-order valence-corrected chi connectivity index (χ4v) is 5.23. The molecule has 0 saturated carbocycles. The Labute approximate surface area is 217 Å². The molecule has 188 valence electrons. The van der Waals surface area contributed by atoms with E-state index in [4.69, 9.17) is 14.7 Å². The third-order valence-electron chi connectivity index (χ3n) is 5.07. The number of thioether (sulfide) groups is 1. The Balaban J connectivity index is 0.00000167. The first-order valence-corrected chi connectivity index (χ1v) is 13.9. The van der Waals surface area contributed by atoms with E-state index in [1.54, 1.807) is 11.3 Å². The lowest BCUT2D eigenvalue weighted by Gasteiger charge is -2.27. The van der Waals surface area contributed by atoms with E-state index >= 15 is 0 Å². The zero-order valence-corrected chi connectivity index (χ0v) is 23.1. The molecule has 35 heavy (non-hydrogen) atoms. The maximum atomic E-state index is 5.43. The smallest absolute Gasteiger partial charge is 0.229 e. The Hall–Kier alpha value is -2.62. The minimum absolute atomic E-state index is 0.491. The first kappa shape index (κ1) is 27.0. The van der Waals surface area contributed by atoms with Crippen molar-refractivity contribution in [1.82, 2.24) is 15.0 Å². The molecule has 9 heteroatoms. The number of nitrogens with one attached hydrogen (secondary N) is 2. The molecular weight excluding hydrogens is 476 g/mol. The third-order valence-corrected chi connectivity index (χ3v) is 7.17. The van der Waals surface area contributed by atoms with E-state index in [0.29, 0.717) is 11.2 Å². The van der Waals surface area contributed by atoms with E-state index in [2.05, 4.69) is 53.4 Å². The number of hydrogen-bond acceptors (Lipinski definition) is 9. The van der Waals surface area contributed by atoms with Gasteiger partial charge in [-0.25, -0.2) is 9.97 Å². The van der Waals surface area contributed by atoms with Crippen molar-refractivity contribution in [2.45, 2.75) is 46.8 Å². The molecule has 0 aliphatic carbocycles. The normalized spacial score (nSPS) is 14.7. The number of morpholine rings is 1. The van der Waals surface area contributed by atoms with Crippen LogP contribution >= 0.6 is 23.1 Å². The van der Waals surface area contributed by atoms with Gasteiger partial charge in [0.05, 0.1) is 35.3 Å². The molecule has 1 aliphatic rings. The van der Waals surface area contributed by atoms with Gasteiger partial charge in [0, 0.05) is 28.9 Å². The predicted octanol–water partition coefficient (Wildman–Crippen LogP) is 7.05. The number of aromatic nitrogens is 3. The van der Waals surface area contributed by atoms with Crippen molar-refractivity contribution in [3.05, 3.63) is 52.5 Å². The van der Waals surface area contributed by atoms with Crippen molar-refractivity contribution < 1.29 is 4.74 Å². The molecule has 1 saturated heterocycles. The second kappa shape index (κ2) is 13.5. The van der Waals surface area contributed by atoms with E-state index in [1.165, 1.54) is 4.91 Å². The molecule has 2 N–H and O–H groups in total. The lowest BCUT2D eigenvalue weighted by Crippen LogP contribution is -2.36. The van der Waals surface area contributed by atoms with Gasteiger partial charge in [-0.1, -0.05) is 39.8 Å². The van der Waals surface area contributed by atoms with Crippen LogP contribution in [0.3, 0.4) is 0 Å². The Morgan fingerprint density at radius 1 is 1.11 bits per heavy atom. The summed E-state index contributed by atoms with van der Waals surface area (Å²) in [5, 5.41) is 9.40. The van der Waals surface area contributed by atoms with E-state index in [9.17, 15) is 0 Å². The van der Waals surface area contributed by atoms with Gasteiger partial charge < -0.3 is 20.3 Å². The van der Waals surface area contributed by atoms with Gasteiger partial charge in [-0.2, -0.15) is 4.98 Å². The lowest BCUT2D eigenvalue weighted by atomic mass is 10.3. The van der Waals surface area contributed by atoms with Gasteiger partial charge in [0.15, 0.2) is 5.82 Å². The number of hydrogen-bond donors (Lipinski definition) is 2. The highest BCUT2D eigenvalue weighted by Gasteiger charge is 2.15. The van der Waals surface area contributed by atoms with Gasteiger partial charge in [0.2, 0.25) is 5.95 Å². The van der Waals surface area contributed by atoms with Gasteiger partial charge in [0.25, 0.3) is 0 Å². The van der Waals surface area contributed by atoms with Crippen molar-refractivity contribution in [3.63, 3.8) is 0 Å². The van der Waals surface area contributed by atoms with Crippen molar-refractivity contribution in [2.75, 3.05) is 41.8 Å². The van der Waals surface area contributed by atoms with Crippen LogP contribution in [0.4, 0.5) is 23.3 Å². The maximum Gasteiger partial charge on any atom is 0.229 e. The molecule has 0 bridgehead atoms. The third kappa shape index (κ3) is 7.19. The van der Waals surface area contributed by atoms with Crippen LogP contribution in [0.25, 0.3) is 10.2 Å². The average molecular weight is 513 g/mol. The standard InChI is InChI=1S/C24H30N6OS2.C2H6/c1-5-18(20(6-2)33-16(3)4)27-23-22-19(9-14-32-22)28-24(29-23)26-17-7-8-21(25-15-17)30-10-12-31-13-11-30;1-2/h5-9,14-16H,10-13H2,1-4H3,(H2,26,27,28,29);1-2H3/b18-5+,20-6+;. The van der Waals surface area contributed by atoms with Gasteiger partial charge >= 0.3 is 0 Å². The summed E-state index contributed by atoms with van der Waals surface area (Å²) in [5.41, 5.74) is 2.81. The quantitative estimate of drug-likeness (QED) is 0.311. The summed E-state index contributed by atoms with van der Waals surface area (Å²) >= 11 is 3.47. The molecule has 1 aliphatic heterocycles. The van der Waals surface area contributed by atoms with Gasteiger partial charge in [-0.05, 0) is 37.4 Å². The topological polar surface area (TPSA) is 75.2 Å². The molecule has 0 radical (unpaired) electrons. The average Bonchev–Trinajstić information content (AvgIpc) is 3.37. The summed E-state index contributed by atoms with van der Waals surface area (Å²) in [6, 6.07) is 6.06. The molecule has 7 nitrogen and oxygen atoms in total. The summed E-state index contributed by atoms with van der Waals surface area (Å²) < 4.78 is 6.46. The summed E-state index contributed by atoms with van der Waals surface area (Å²) in [7, 11) is 0. The summed E-state index contributed by atoms with van der Waals surface area (Å²) in [6.45, 7) is 15.7. The van der Waals surface area contributed by atoms with Crippen LogP contribution in [0.1, 0.15) is 41.5 Å². The molecule has 0 spiro atoms. The molecule has 0 amide bonds. The molecular formula is C26H36N6OS2. The van der Waals surface area contributed by atoms with E-state index in [0.717, 1.165) is 59.5 Å². The second-order valence-corrected chi connectivity index (χ2v) is 10.3. The van der Waals surface area contributed by atoms with Crippen LogP contribution in [0, 0.1) is 0 Å². The van der Waals surface area contributed by atoms with Gasteiger partial charge in [-0.3, -0.25) is 0 Å². The highest BCUT2D eigenvalue weighted by molar-refractivity contribution is 8.03. The number of rotatable bonds is 8. The number of fused-ring (bicyclic) bond motifs is 1. The lowest BCUT2D eigenvalue weighted by molar-refractivity contribution is 0.122. The molecule has 0 unspecified atom stereocenters. The van der Waals surface area contributed by atoms with Crippen LogP contribution in [0.2, 0.25) is 0 Å². The molecule has 0 aromatic carbocycles. The second-order valence-electron chi connectivity index (χ2n) is 7.81. The highest BCUT2D eigenvalue weighted by atomic mass is 32.2. The molecule has 0 atom stereocenters. The number of thiophene rings is 1. The number of allylic oxidation sites excluding steroid dienone is 2. The van der Waals surface area contributed by atoms with Crippen molar-refractivity contribution in [2.24, 2.45) is 0 Å². The maximum absolute atomic E-state index is 5.43. The highest BCUT2D eigenvalue weighted by Crippen LogP contribution is 2.33. The minimum atomic E-state index is 0.491. The molecule has 3 aromatic rings. The fourth-order valence-electron chi connectivity index (χ4n) is 3.52. The summed E-state index contributed by atoms with van der Waals surface area (Å²) in [4.78, 5) is 17.6. The number of ether oxygens (including phenoxy) is 1. The first-order valence-electron chi connectivity index (χ1n) is 12.1. The van der Waals surface area contributed by atoms with Crippen LogP contribution in [-0.4, -0.2) is 46.5 Å². The molecule has 4 rings (SSSR count). The van der Waals surface area contributed by atoms with E-state index in [-0.39, 0.29) is 0 Å². The van der Waals surface area contributed by atoms with Crippen LogP contribution in [0.5, 0.6) is 0 Å². The number of pyridine rings is 1. The fraction of sp³-hybridized carbons (Fsp3) is 0.423. The minimum Gasteiger partial charge on any atom is -0.378 e. The predicted molar refractivity (Wildman–Crippen MR) is 153 cm³/mol. The van der Waals surface area contributed by atoms with Crippen molar-refractivity contribution in [3.8, 4) is 0 Å². The molecule has 1 fully saturated rings. The largest absolute Gasteiger partial charge is 0.378 e. The van der Waals surface area contributed by atoms with Crippen LogP contribution < -0.4 is 15.5 Å².